The van der Waals surface area contributed by atoms with Crippen molar-refractivity contribution < 1.29 is 4.39 Å². The van der Waals surface area contributed by atoms with Crippen molar-refractivity contribution in [2.45, 2.75) is 32.2 Å². The molecule has 0 bridgehead atoms. The molecule has 88 valence electrons. The molecule has 1 saturated heterocycles. The van der Waals surface area contributed by atoms with Gasteiger partial charge in [-0.05, 0) is 50.5 Å². The van der Waals surface area contributed by atoms with Crippen LogP contribution in [0.15, 0.2) is 18.2 Å². The predicted molar refractivity (Wildman–Crippen MR) is 65.1 cm³/mol. The van der Waals surface area contributed by atoms with E-state index >= 15 is 0 Å². The van der Waals surface area contributed by atoms with E-state index in [0.29, 0.717) is 0 Å². The number of anilines is 1. The lowest BCUT2D eigenvalue weighted by molar-refractivity contribution is 0.542. The molecule has 0 spiro atoms. The SMILES string of the molecule is CC(C)(N)c1cc(F)ccc1N1CCCC1. The van der Waals surface area contributed by atoms with Gasteiger partial charge in [0.1, 0.15) is 5.82 Å². The highest BCUT2D eigenvalue weighted by Crippen LogP contribution is 2.31. The number of hydrogen-bond donors (Lipinski definition) is 1. The second-order valence-corrected chi connectivity index (χ2v) is 5.08. The number of halogens is 1. The molecule has 1 aromatic carbocycles. The van der Waals surface area contributed by atoms with E-state index in [9.17, 15) is 4.39 Å². The summed E-state index contributed by atoms with van der Waals surface area (Å²) in [7, 11) is 0. The summed E-state index contributed by atoms with van der Waals surface area (Å²) in [6, 6.07) is 4.93. The topological polar surface area (TPSA) is 29.3 Å². The van der Waals surface area contributed by atoms with Gasteiger partial charge >= 0.3 is 0 Å². The van der Waals surface area contributed by atoms with Crippen molar-refractivity contribution >= 4 is 5.69 Å². The zero-order chi connectivity index (χ0) is 11.8. The Morgan fingerprint density at radius 2 is 1.88 bits per heavy atom. The third-order valence-electron chi connectivity index (χ3n) is 3.10. The summed E-state index contributed by atoms with van der Waals surface area (Å²) in [6.07, 6.45) is 2.42. The Morgan fingerprint density at radius 1 is 1.25 bits per heavy atom. The van der Waals surface area contributed by atoms with E-state index in [1.165, 1.54) is 18.9 Å². The summed E-state index contributed by atoms with van der Waals surface area (Å²) >= 11 is 0. The molecule has 2 N–H and O–H groups in total. The van der Waals surface area contributed by atoms with Crippen LogP contribution in [0.25, 0.3) is 0 Å². The molecule has 0 amide bonds. The van der Waals surface area contributed by atoms with Crippen molar-refractivity contribution in [1.29, 1.82) is 0 Å². The van der Waals surface area contributed by atoms with Gasteiger partial charge in [0.05, 0.1) is 0 Å². The van der Waals surface area contributed by atoms with Crippen LogP contribution >= 0.6 is 0 Å². The third kappa shape index (κ3) is 2.19. The summed E-state index contributed by atoms with van der Waals surface area (Å²) in [5, 5.41) is 0. The molecule has 0 atom stereocenters. The Hall–Kier alpha value is -1.09. The summed E-state index contributed by atoms with van der Waals surface area (Å²) < 4.78 is 13.3. The van der Waals surface area contributed by atoms with Crippen LogP contribution in [0.4, 0.5) is 10.1 Å². The van der Waals surface area contributed by atoms with Gasteiger partial charge < -0.3 is 10.6 Å². The van der Waals surface area contributed by atoms with Crippen LogP contribution in [0.1, 0.15) is 32.3 Å². The minimum absolute atomic E-state index is 0.212. The zero-order valence-electron chi connectivity index (χ0n) is 9.96. The fourth-order valence-corrected chi connectivity index (χ4v) is 2.26. The largest absolute Gasteiger partial charge is 0.371 e. The fourth-order valence-electron chi connectivity index (χ4n) is 2.26. The smallest absolute Gasteiger partial charge is 0.123 e. The first-order valence-electron chi connectivity index (χ1n) is 5.82. The number of nitrogens with two attached hydrogens (primary N) is 1. The Bertz CT molecular complexity index is 376. The third-order valence-corrected chi connectivity index (χ3v) is 3.10. The standard InChI is InChI=1S/C13H19FN2/c1-13(2,15)11-9-10(14)5-6-12(11)16-7-3-4-8-16/h5-6,9H,3-4,7-8,15H2,1-2H3. The first-order valence-corrected chi connectivity index (χ1v) is 5.82. The number of benzene rings is 1. The summed E-state index contributed by atoms with van der Waals surface area (Å²) in [6.45, 7) is 5.94. The quantitative estimate of drug-likeness (QED) is 0.833. The molecule has 1 aliphatic heterocycles. The van der Waals surface area contributed by atoms with Crippen molar-refractivity contribution in [2.24, 2.45) is 5.73 Å². The number of nitrogens with zero attached hydrogens (tertiary/aromatic N) is 1. The lowest BCUT2D eigenvalue weighted by Gasteiger charge is -2.28. The van der Waals surface area contributed by atoms with Crippen LogP contribution < -0.4 is 10.6 Å². The van der Waals surface area contributed by atoms with Gasteiger partial charge in [0.25, 0.3) is 0 Å². The Kier molecular flexibility index (Phi) is 2.89. The molecule has 1 aliphatic rings. The molecule has 1 heterocycles. The van der Waals surface area contributed by atoms with E-state index in [1.54, 1.807) is 6.07 Å². The lowest BCUT2D eigenvalue weighted by Crippen LogP contribution is -2.32. The van der Waals surface area contributed by atoms with Gasteiger partial charge in [-0.3, -0.25) is 0 Å². The molecule has 3 heteroatoms. The molecule has 0 radical (unpaired) electrons. The molecule has 1 fully saturated rings. The maximum atomic E-state index is 13.3. The molecule has 0 aliphatic carbocycles. The minimum Gasteiger partial charge on any atom is -0.371 e. The van der Waals surface area contributed by atoms with Gasteiger partial charge in [0.2, 0.25) is 0 Å². The van der Waals surface area contributed by atoms with Crippen LogP contribution in [0, 0.1) is 5.82 Å². The zero-order valence-corrected chi connectivity index (χ0v) is 9.96. The number of hydrogen-bond acceptors (Lipinski definition) is 2. The molecule has 2 rings (SSSR count). The monoisotopic (exact) mass is 222 g/mol. The summed E-state index contributed by atoms with van der Waals surface area (Å²) in [5.41, 5.74) is 7.59. The molecular formula is C13H19FN2. The van der Waals surface area contributed by atoms with Crippen LogP contribution in [0.5, 0.6) is 0 Å². The highest BCUT2D eigenvalue weighted by Gasteiger charge is 2.23. The lowest BCUT2D eigenvalue weighted by atomic mass is 9.93. The fraction of sp³-hybridized carbons (Fsp3) is 0.538. The van der Waals surface area contributed by atoms with E-state index in [4.69, 9.17) is 5.73 Å². The van der Waals surface area contributed by atoms with Crippen molar-refractivity contribution in [3.05, 3.63) is 29.6 Å². The highest BCUT2D eigenvalue weighted by molar-refractivity contribution is 5.57. The van der Waals surface area contributed by atoms with Crippen molar-refractivity contribution in [3.63, 3.8) is 0 Å². The summed E-state index contributed by atoms with van der Waals surface area (Å²) in [5.74, 6) is -0.212. The van der Waals surface area contributed by atoms with Gasteiger partial charge in [0, 0.05) is 24.3 Å². The average molecular weight is 222 g/mol. The molecular weight excluding hydrogens is 203 g/mol. The highest BCUT2D eigenvalue weighted by atomic mass is 19.1. The molecule has 0 unspecified atom stereocenters. The molecule has 0 saturated carbocycles. The van der Waals surface area contributed by atoms with E-state index in [1.807, 2.05) is 19.9 Å². The van der Waals surface area contributed by atoms with Gasteiger partial charge in [-0.2, -0.15) is 0 Å². The molecule has 2 nitrogen and oxygen atoms in total. The predicted octanol–water partition coefficient (Wildman–Crippen LogP) is 2.62. The second-order valence-electron chi connectivity index (χ2n) is 5.08. The van der Waals surface area contributed by atoms with Crippen LogP contribution in [-0.2, 0) is 5.54 Å². The van der Waals surface area contributed by atoms with Gasteiger partial charge in [0.15, 0.2) is 0 Å². The van der Waals surface area contributed by atoms with Crippen LogP contribution in [-0.4, -0.2) is 13.1 Å². The Labute approximate surface area is 96.2 Å². The molecule has 0 aromatic heterocycles. The second kappa shape index (κ2) is 4.06. The first kappa shape index (κ1) is 11.4. The molecule has 1 aromatic rings. The van der Waals surface area contributed by atoms with Crippen molar-refractivity contribution in [1.82, 2.24) is 0 Å². The number of rotatable bonds is 2. The maximum absolute atomic E-state index is 13.3. The Morgan fingerprint density at radius 3 is 2.44 bits per heavy atom. The average Bonchev–Trinajstić information content (AvgIpc) is 2.69. The Balaban J connectivity index is 2.43. The maximum Gasteiger partial charge on any atom is 0.123 e. The van der Waals surface area contributed by atoms with Crippen LogP contribution in [0.3, 0.4) is 0 Å². The van der Waals surface area contributed by atoms with E-state index in [0.717, 1.165) is 24.3 Å². The van der Waals surface area contributed by atoms with E-state index < -0.39 is 5.54 Å². The first-order chi connectivity index (χ1) is 7.48. The van der Waals surface area contributed by atoms with Crippen LogP contribution in [0.2, 0.25) is 0 Å². The van der Waals surface area contributed by atoms with E-state index in [-0.39, 0.29) is 5.82 Å². The van der Waals surface area contributed by atoms with E-state index in [2.05, 4.69) is 4.90 Å². The minimum atomic E-state index is -0.500. The van der Waals surface area contributed by atoms with Crippen molar-refractivity contribution in [3.8, 4) is 0 Å². The van der Waals surface area contributed by atoms with Crippen molar-refractivity contribution in [2.75, 3.05) is 18.0 Å². The summed E-state index contributed by atoms with van der Waals surface area (Å²) in [4.78, 5) is 2.30. The van der Waals surface area contributed by atoms with Gasteiger partial charge in [-0.1, -0.05) is 0 Å². The van der Waals surface area contributed by atoms with Gasteiger partial charge in [-0.15, -0.1) is 0 Å². The van der Waals surface area contributed by atoms with Gasteiger partial charge in [-0.25, -0.2) is 4.39 Å². The normalized spacial score (nSPS) is 16.9. The molecule has 16 heavy (non-hydrogen) atoms.